The van der Waals surface area contributed by atoms with Crippen molar-refractivity contribution in [3.63, 3.8) is 0 Å². The van der Waals surface area contributed by atoms with Crippen LogP contribution in [0.15, 0.2) is 53.4 Å². The van der Waals surface area contributed by atoms with E-state index in [0.717, 1.165) is 18.4 Å². The first-order chi connectivity index (χ1) is 16.7. The number of benzene rings is 2. The Morgan fingerprint density at radius 3 is 2.26 bits per heavy atom. The van der Waals surface area contributed by atoms with Gasteiger partial charge in [-0.2, -0.15) is 5.48 Å². The molecule has 1 aliphatic carbocycles. The second kappa shape index (κ2) is 10.5. The van der Waals surface area contributed by atoms with Gasteiger partial charge in [-0.3, -0.25) is 14.4 Å². The summed E-state index contributed by atoms with van der Waals surface area (Å²) in [6, 6.07) is 13.3. The fourth-order valence-electron chi connectivity index (χ4n) is 4.53. The number of sulfone groups is 1. The third-order valence-corrected chi connectivity index (χ3v) is 8.51. The maximum atomic E-state index is 13.1. The molecular formula is C26H33N3O5S. The van der Waals surface area contributed by atoms with Crippen molar-refractivity contribution >= 4 is 27.3 Å². The van der Waals surface area contributed by atoms with E-state index >= 15 is 0 Å². The molecule has 2 amide bonds. The van der Waals surface area contributed by atoms with Crippen molar-refractivity contribution in [3.05, 3.63) is 59.7 Å². The molecule has 1 heterocycles. The van der Waals surface area contributed by atoms with Gasteiger partial charge in [0.15, 0.2) is 9.84 Å². The highest BCUT2D eigenvalue weighted by molar-refractivity contribution is 7.91. The normalized spacial score (nSPS) is 22.1. The van der Waals surface area contributed by atoms with E-state index in [2.05, 4.69) is 10.8 Å². The van der Waals surface area contributed by atoms with E-state index in [1.54, 1.807) is 53.4 Å². The fraction of sp³-hybridized carbons (Fsp3) is 0.462. The Labute approximate surface area is 206 Å². The number of nitrogens with zero attached hydrogens (tertiary/aromatic N) is 1. The zero-order valence-corrected chi connectivity index (χ0v) is 21.2. The quantitative estimate of drug-likeness (QED) is 0.549. The minimum Gasteiger partial charge on any atom is -0.332 e. The van der Waals surface area contributed by atoms with Gasteiger partial charge in [0.1, 0.15) is 0 Å². The van der Waals surface area contributed by atoms with E-state index in [0.29, 0.717) is 22.7 Å². The Balaban J connectivity index is 1.34. The van der Waals surface area contributed by atoms with Gasteiger partial charge in [-0.05, 0) is 81.5 Å². The molecule has 1 aliphatic heterocycles. The van der Waals surface area contributed by atoms with Gasteiger partial charge in [-0.25, -0.2) is 8.42 Å². The first-order valence-corrected chi connectivity index (χ1v) is 13.8. The van der Waals surface area contributed by atoms with Gasteiger partial charge < -0.3 is 10.2 Å². The predicted molar refractivity (Wildman–Crippen MR) is 134 cm³/mol. The van der Waals surface area contributed by atoms with Crippen molar-refractivity contribution in [1.29, 1.82) is 0 Å². The average Bonchev–Trinajstić information content (AvgIpc) is 3.58. The maximum absolute atomic E-state index is 13.1. The highest BCUT2D eigenvalue weighted by Gasteiger charge is 2.38. The molecule has 4 rings (SSSR count). The predicted octanol–water partition coefficient (Wildman–Crippen LogP) is 3.19. The van der Waals surface area contributed by atoms with Crippen molar-refractivity contribution < 1.29 is 22.8 Å². The summed E-state index contributed by atoms with van der Waals surface area (Å²) in [5.74, 6) is 0.186. The van der Waals surface area contributed by atoms with Crippen molar-refractivity contribution in [2.75, 3.05) is 17.6 Å². The van der Waals surface area contributed by atoms with Crippen LogP contribution in [0.3, 0.4) is 0 Å². The molecule has 1 saturated heterocycles. The van der Waals surface area contributed by atoms with Crippen LogP contribution in [0.2, 0.25) is 0 Å². The number of hydrogen-bond acceptors (Lipinski definition) is 6. The molecule has 2 aromatic carbocycles. The molecule has 188 valence electrons. The van der Waals surface area contributed by atoms with Crippen LogP contribution in [0.1, 0.15) is 49.5 Å². The van der Waals surface area contributed by atoms with Crippen molar-refractivity contribution in [1.82, 2.24) is 10.4 Å². The van der Waals surface area contributed by atoms with Gasteiger partial charge in [0.25, 0.3) is 5.91 Å². The summed E-state index contributed by atoms with van der Waals surface area (Å²) in [7, 11) is -3.26. The van der Waals surface area contributed by atoms with E-state index in [1.807, 2.05) is 20.8 Å². The van der Waals surface area contributed by atoms with Crippen molar-refractivity contribution in [2.45, 2.75) is 63.1 Å². The Morgan fingerprint density at radius 1 is 1.06 bits per heavy atom. The Morgan fingerprint density at radius 2 is 1.71 bits per heavy atom. The summed E-state index contributed by atoms with van der Waals surface area (Å²) in [4.78, 5) is 33.2. The summed E-state index contributed by atoms with van der Waals surface area (Å²) < 4.78 is 24.8. The monoisotopic (exact) mass is 499 g/mol. The molecule has 3 atom stereocenters. The molecule has 0 bridgehead atoms. The second-order valence-corrected chi connectivity index (χ2v) is 11.5. The first kappa shape index (κ1) is 25.3. The van der Waals surface area contributed by atoms with Crippen molar-refractivity contribution in [2.24, 2.45) is 5.92 Å². The summed E-state index contributed by atoms with van der Waals surface area (Å²) >= 11 is 0. The van der Waals surface area contributed by atoms with Gasteiger partial charge >= 0.3 is 0 Å². The van der Waals surface area contributed by atoms with Gasteiger partial charge in [0, 0.05) is 17.8 Å². The molecule has 0 spiro atoms. The highest BCUT2D eigenvalue weighted by atomic mass is 32.2. The standard InChI is InChI=1S/C26H33N3O5S/c1-4-29(25-17(2)28-34-18(25)3)26(31)21-9-11-22(12-10-21)27-24(30)15-19-7-13-23(14-8-19)35(32,33)16-20-5-6-20/h7-14,17-18,20,25,28H,4-6,15-16H2,1-3H3,(H,27,30). The van der Waals surface area contributed by atoms with E-state index in [4.69, 9.17) is 4.84 Å². The largest absolute Gasteiger partial charge is 0.332 e. The lowest BCUT2D eigenvalue weighted by atomic mass is 10.0. The summed E-state index contributed by atoms with van der Waals surface area (Å²) in [6.07, 6.45) is 1.97. The van der Waals surface area contributed by atoms with Crippen LogP contribution in [-0.2, 0) is 25.9 Å². The highest BCUT2D eigenvalue weighted by Crippen LogP contribution is 2.32. The van der Waals surface area contributed by atoms with Gasteiger partial charge in [0.05, 0.1) is 35.3 Å². The van der Waals surface area contributed by atoms with Crippen LogP contribution in [0.25, 0.3) is 0 Å². The number of nitrogens with one attached hydrogen (secondary N) is 2. The third-order valence-electron chi connectivity index (χ3n) is 6.61. The fourth-order valence-corrected chi connectivity index (χ4v) is 6.23. The molecule has 0 aromatic heterocycles. The van der Waals surface area contributed by atoms with E-state index in [1.165, 1.54) is 0 Å². The number of rotatable bonds is 9. The Hall–Kier alpha value is -2.75. The lowest BCUT2D eigenvalue weighted by Gasteiger charge is -2.31. The first-order valence-electron chi connectivity index (χ1n) is 12.1. The number of anilines is 1. The molecule has 2 aliphatic rings. The third kappa shape index (κ3) is 6.09. The van der Waals surface area contributed by atoms with Crippen LogP contribution in [0.5, 0.6) is 0 Å². The summed E-state index contributed by atoms with van der Waals surface area (Å²) in [5, 5.41) is 2.84. The maximum Gasteiger partial charge on any atom is 0.254 e. The molecule has 35 heavy (non-hydrogen) atoms. The number of likely N-dealkylation sites (N-methyl/N-ethyl adjacent to an activating group) is 1. The zero-order chi connectivity index (χ0) is 25.2. The minimum atomic E-state index is -3.26. The minimum absolute atomic E-state index is 0.0276. The molecule has 2 aromatic rings. The lowest BCUT2D eigenvalue weighted by Crippen LogP contribution is -2.49. The molecular weight excluding hydrogens is 466 g/mol. The summed E-state index contributed by atoms with van der Waals surface area (Å²) in [6.45, 7) is 6.43. The van der Waals surface area contributed by atoms with Crippen LogP contribution >= 0.6 is 0 Å². The number of carbonyl (C=O) groups is 2. The number of hydroxylamine groups is 1. The lowest BCUT2D eigenvalue weighted by molar-refractivity contribution is -0.115. The smallest absolute Gasteiger partial charge is 0.254 e. The van der Waals surface area contributed by atoms with Crippen LogP contribution in [0, 0.1) is 5.92 Å². The number of hydrogen-bond donors (Lipinski definition) is 2. The summed E-state index contributed by atoms with van der Waals surface area (Å²) in [5.41, 5.74) is 4.80. The van der Waals surface area contributed by atoms with Gasteiger partial charge in [-0.15, -0.1) is 0 Å². The second-order valence-electron chi connectivity index (χ2n) is 9.48. The molecule has 8 nitrogen and oxygen atoms in total. The molecule has 2 N–H and O–H groups in total. The van der Waals surface area contributed by atoms with Crippen LogP contribution < -0.4 is 10.8 Å². The average molecular weight is 500 g/mol. The van der Waals surface area contributed by atoms with Gasteiger partial charge in [0.2, 0.25) is 5.91 Å². The molecule has 9 heteroatoms. The molecule has 3 unspecified atom stereocenters. The SMILES string of the molecule is CCN(C(=O)c1ccc(NC(=O)Cc2ccc(S(=O)(=O)CC3CC3)cc2)cc1)C1C(C)NOC1C. The zero-order valence-electron chi connectivity index (χ0n) is 20.4. The Bertz CT molecular complexity index is 1150. The van der Waals surface area contributed by atoms with E-state index < -0.39 is 9.84 Å². The number of amides is 2. The molecule has 2 fully saturated rings. The molecule has 0 radical (unpaired) electrons. The van der Waals surface area contributed by atoms with Crippen molar-refractivity contribution in [3.8, 4) is 0 Å². The van der Waals surface area contributed by atoms with Gasteiger partial charge in [-0.1, -0.05) is 12.1 Å². The Kier molecular flexibility index (Phi) is 7.59. The van der Waals surface area contributed by atoms with Crippen LogP contribution in [-0.4, -0.2) is 55.6 Å². The van der Waals surface area contributed by atoms with E-state index in [-0.39, 0.29) is 48.1 Å². The van der Waals surface area contributed by atoms with Crippen LogP contribution in [0.4, 0.5) is 5.69 Å². The molecule has 1 saturated carbocycles. The number of carbonyl (C=O) groups excluding carboxylic acids is 2. The topological polar surface area (TPSA) is 105 Å². The van der Waals surface area contributed by atoms with E-state index in [9.17, 15) is 18.0 Å².